The first-order valence-corrected chi connectivity index (χ1v) is 4.77. The highest BCUT2D eigenvalue weighted by Gasteiger charge is 2.12. The number of nitrogen functional groups attached to an aromatic ring is 1. The summed E-state index contributed by atoms with van der Waals surface area (Å²) in [5.74, 6) is -1.09. The Labute approximate surface area is 89.2 Å². The van der Waals surface area contributed by atoms with Crippen LogP contribution in [0.4, 0.5) is 10.1 Å². The van der Waals surface area contributed by atoms with Gasteiger partial charge in [0.1, 0.15) is 0 Å². The van der Waals surface area contributed by atoms with Crippen LogP contribution in [0.2, 0.25) is 0 Å². The third-order valence-electron chi connectivity index (χ3n) is 1.57. The molecule has 0 aromatic heterocycles. The average Bonchev–Trinajstić information content (AvgIpc) is 2.13. The first-order valence-electron chi connectivity index (χ1n) is 3.98. The molecule has 0 aliphatic carbocycles. The molecule has 1 aromatic rings. The van der Waals surface area contributed by atoms with Gasteiger partial charge in [0.25, 0.3) is 0 Å². The molecule has 0 aliphatic rings. The van der Waals surface area contributed by atoms with Gasteiger partial charge in [0.2, 0.25) is 0 Å². The van der Waals surface area contributed by atoms with Crippen molar-refractivity contribution in [1.29, 1.82) is 0 Å². The molecule has 1 rings (SSSR count). The molecule has 0 saturated heterocycles. The average molecular weight is 262 g/mol. The summed E-state index contributed by atoms with van der Waals surface area (Å²) in [5.41, 5.74) is 5.50. The molecule has 76 valence electrons. The SMILES string of the molecule is CCOC(=O)c1cc(N)c(F)c(Br)c1. The minimum Gasteiger partial charge on any atom is -0.462 e. The molecule has 0 radical (unpaired) electrons. The highest BCUT2D eigenvalue weighted by molar-refractivity contribution is 9.10. The molecule has 0 heterocycles. The molecular formula is C9H9BrFNO2. The quantitative estimate of drug-likeness (QED) is 0.657. The molecule has 0 bridgehead atoms. The molecule has 14 heavy (non-hydrogen) atoms. The number of hydrogen-bond donors (Lipinski definition) is 1. The number of hydrogen-bond acceptors (Lipinski definition) is 3. The van der Waals surface area contributed by atoms with E-state index in [4.69, 9.17) is 10.5 Å². The maximum absolute atomic E-state index is 13.0. The zero-order chi connectivity index (χ0) is 10.7. The molecule has 1 aromatic carbocycles. The fraction of sp³-hybridized carbons (Fsp3) is 0.222. The zero-order valence-corrected chi connectivity index (χ0v) is 9.10. The monoisotopic (exact) mass is 261 g/mol. The predicted octanol–water partition coefficient (Wildman–Crippen LogP) is 2.35. The van der Waals surface area contributed by atoms with Crippen LogP contribution in [0.1, 0.15) is 17.3 Å². The maximum Gasteiger partial charge on any atom is 0.338 e. The van der Waals surface area contributed by atoms with Crippen LogP contribution in [0.3, 0.4) is 0 Å². The number of carbonyl (C=O) groups is 1. The Morgan fingerprint density at radius 2 is 2.29 bits per heavy atom. The normalized spacial score (nSPS) is 9.93. The molecule has 0 amide bonds. The van der Waals surface area contributed by atoms with Crippen molar-refractivity contribution in [3.63, 3.8) is 0 Å². The summed E-state index contributed by atoms with van der Waals surface area (Å²) < 4.78 is 17.9. The summed E-state index contributed by atoms with van der Waals surface area (Å²) in [7, 11) is 0. The molecule has 2 N–H and O–H groups in total. The highest BCUT2D eigenvalue weighted by atomic mass is 79.9. The van der Waals surface area contributed by atoms with E-state index in [1.807, 2.05) is 0 Å². The van der Waals surface area contributed by atoms with E-state index in [1.54, 1.807) is 6.92 Å². The van der Waals surface area contributed by atoms with Crippen LogP contribution in [0.5, 0.6) is 0 Å². The largest absolute Gasteiger partial charge is 0.462 e. The summed E-state index contributed by atoms with van der Waals surface area (Å²) in [4.78, 5) is 11.2. The van der Waals surface area contributed by atoms with Gasteiger partial charge in [-0.05, 0) is 35.0 Å². The van der Waals surface area contributed by atoms with E-state index in [2.05, 4.69) is 15.9 Å². The molecule has 3 nitrogen and oxygen atoms in total. The van der Waals surface area contributed by atoms with E-state index >= 15 is 0 Å². The second kappa shape index (κ2) is 4.41. The van der Waals surface area contributed by atoms with Gasteiger partial charge in [-0.2, -0.15) is 0 Å². The number of rotatable bonds is 2. The van der Waals surface area contributed by atoms with Crippen LogP contribution in [0.15, 0.2) is 16.6 Å². The summed E-state index contributed by atoms with van der Waals surface area (Å²) in [6, 6.07) is 2.59. The molecule has 0 spiro atoms. The van der Waals surface area contributed by atoms with Crippen LogP contribution in [0.25, 0.3) is 0 Å². The molecule has 0 saturated carbocycles. The molecule has 0 fully saturated rings. The van der Waals surface area contributed by atoms with E-state index < -0.39 is 11.8 Å². The first kappa shape index (κ1) is 11.0. The van der Waals surface area contributed by atoms with E-state index in [9.17, 15) is 9.18 Å². The van der Waals surface area contributed by atoms with Gasteiger partial charge in [0.05, 0.1) is 22.3 Å². The number of nitrogens with two attached hydrogens (primary N) is 1. The number of esters is 1. The Balaban J connectivity index is 3.06. The van der Waals surface area contributed by atoms with Gasteiger partial charge in [0, 0.05) is 0 Å². The lowest BCUT2D eigenvalue weighted by molar-refractivity contribution is 0.0526. The fourth-order valence-corrected chi connectivity index (χ4v) is 1.42. The number of ether oxygens (including phenoxy) is 1. The van der Waals surface area contributed by atoms with Gasteiger partial charge in [-0.25, -0.2) is 9.18 Å². The van der Waals surface area contributed by atoms with Crippen LogP contribution < -0.4 is 5.73 Å². The predicted molar refractivity (Wildman–Crippen MR) is 54.5 cm³/mol. The van der Waals surface area contributed by atoms with Crippen molar-refractivity contribution in [2.24, 2.45) is 0 Å². The Morgan fingerprint density at radius 3 is 2.79 bits per heavy atom. The molecular weight excluding hydrogens is 253 g/mol. The van der Waals surface area contributed by atoms with Crippen molar-refractivity contribution in [2.45, 2.75) is 6.92 Å². The van der Waals surface area contributed by atoms with Crippen molar-refractivity contribution in [2.75, 3.05) is 12.3 Å². The number of carbonyl (C=O) groups excluding carboxylic acids is 1. The third-order valence-corrected chi connectivity index (χ3v) is 2.14. The Hall–Kier alpha value is -1.10. The summed E-state index contributed by atoms with van der Waals surface area (Å²) >= 11 is 2.95. The molecule has 0 atom stereocenters. The van der Waals surface area contributed by atoms with Crippen molar-refractivity contribution in [1.82, 2.24) is 0 Å². The highest BCUT2D eigenvalue weighted by Crippen LogP contribution is 2.23. The molecule has 5 heteroatoms. The van der Waals surface area contributed by atoms with E-state index in [0.717, 1.165) is 0 Å². The van der Waals surface area contributed by atoms with Gasteiger partial charge < -0.3 is 10.5 Å². The lowest BCUT2D eigenvalue weighted by atomic mass is 10.2. The van der Waals surface area contributed by atoms with Crippen molar-refractivity contribution in [3.8, 4) is 0 Å². The molecule has 0 aliphatic heterocycles. The van der Waals surface area contributed by atoms with E-state index in [-0.39, 0.29) is 22.3 Å². The lowest BCUT2D eigenvalue weighted by Crippen LogP contribution is -2.06. The number of anilines is 1. The standard InChI is InChI=1S/C9H9BrFNO2/c1-2-14-9(13)5-3-6(10)8(11)7(12)4-5/h3-4H,2,12H2,1H3. The van der Waals surface area contributed by atoms with Crippen LogP contribution >= 0.6 is 15.9 Å². The maximum atomic E-state index is 13.0. The summed E-state index contributed by atoms with van der Waals surface area (Å²) in [5, 5.41) is 0. The smallest absolute Gasteiger partial charge is 0.338 e. The zero-order valence-electron chi connectivity index (χ0n) is 7.51. The number of halogens is 2. The van der Waals surface area contributed by atoms with Gasteiger partial charge >= 0.3 is 5.97 Å². The van der Waals surface area contributed by atoms with Crippen LogP contribution in [-0.2, 0) is 4.74 Å². The fourth-order valence-electron chi connectivity index (χ4n) is 0.943. The second-order valence-corrected chi connectivity index (χ2v) is 3.44. The topological polar surface area (TPSA) is 52.3 Å². The first-order chi connectivity index (χ1) is 6.56. The van der Waals surface area contributed by atoms with Gasteiger partial charge in [-0.15, -0.1) is 0 Å². The molecule has 0 unspecified atom stereocenters. The summed E-state index contributed by atoms with van der Waals surface area (Å²) in [6.07, 6.45) is 0. The minimum absolute atomic E-state index is 0.0811. The lowest BCUT2D eigenvalue weighted by Gasteiger charge is -2.04. The Kier molecular flexibility index (Phi) is 3.46. The van der Waals surface area contributed by atoms with E-state index in [0.29, 0.717) is 0 Å². The van der Waals surface area contributed by atoms with Gasteiger partial charge in [-0.1, -0.05) is 0 Å². The second-order valence-electron chi connectivity index (χ2n) is 2.58. The van der Waals surface area contributed by atoms with Crippen molar-refractivity contribution >= 4 is 27.6 Å². The Bertz CT molecular complexity index is 345. The Morgan fingerprint density at radius 1 is 1.64 bits per heavy atom. The van der Waals surface area contributed by atoms with Crippen LogP contribution in [0, 0.1) is 5.82 Å². The number of benzene rings is 1. The third kappa shape index (κ3) is 2.23. The van der Waals surface area contributed by atoms with Crippen LogP contribution in [-0.4, -0.2) is 12.6 Å². The van der Waals surface area contributed by atoms with Gasteiger partial charge in [-0.3, -0.25) is 0 Å². The van der Waals surface area contributed by atoms with E-state index in [1.165, 1.54) is 12.1 Å². The summed E-state index contributed by atoms with van der Waals surface area (Å²) in [6.45, 7) is 1.97. The van der Waals surface area contributed by atoms with Gasteiger partial charge in [0.15, 0.2) is 5.82 Å². The van der Waals surface area contributed by atoms with Crippen molar-refractivity contribution in [3.05, 3.63) is 28.0 Å². The van der Waals surface area contributed by atoms with Crippen molar-refractivity contribution < 1.29 is 13.9 Å². The minimum atomic E-state index is -0.571.